The molecule has 0 fully saturated rings. The van der Waals surface area contributed by atoms with E-state index in [0.29, 0.717) is 5.76 Å². The van der Waals surface area contributed by atoms with Gasteiger partial charge in [0.2, 0.25) is 5.91 Å². The molecule has 0 aliphatic heterocycles. The lowest BCUT2D eigenvalue weighted by molar-refractivity contribution is -0.121. The minimum absolute atomic E-state index is 0.0460. The normalized spacial score (nSPS) is 17.1. The van der Waals surface area contributed by atoms with E-state index < -0.39 is 5.91 Å². The van der Waals surface area contributed by atoms with Crippen LogP contribution < -0.4 is 10.6 Å². The molecule has 30 heavy (non-hydrogen) atoms. The molecule has 0 spiro atoms. The Kier molecular flexibility index (Phi) is 5.40. The number of carbonyl (C=O) groups is 2. The van der Waals surface area contributed by atoms with Gasteiger partial charge in [-0.05, 0) is 29.4 Å². The first-order chi connectivity index (χ1) is 14.4. The zero-order valence-electron chi connectivity index (χ0n) is 17.1. The van der Waals surface area contributed by atoms with Crippen LogP contribution in [0.25, 0.3) is 11.3 Å². The molecule has 1 heterocycles. The predicted octanol–water partition coefficient (Wildman–Crippen LogP) is 4.00. The van der Waals surface area contributed by atoms with Crippen molar-refractivity contribution in [1.29, 1.82) is 0 Å². The molecule has 1 aliphatic carbocycles. The van der Waals surface area contributed by atoms with Gasteiger partial charge in [0.15, 0.2) is 11.5 Å². The maximum atomic E-state index is 12.5. The van der Waals surface area contributed by atoms with Gasteiger partial charge in [-0.2, -0.15) is 0 Å². The predicted molar refractivity (Wildman–Crippen MR) is 114 cm³/mol. The number of rotatable bonds is 5. The number of carbonyl (C=O) groups excluding carboxylic acids is 2. The van der Waals surface area contributed by atoms with Gasteiger partial charge in [-0.25, -0.2) is 0 Å². The minimum atomic E-state index is -0.443. The highest BCUT2D eigenvalue weighted by Crippen LogP contribution is 2.41. The number of amides is 2. The number of hydrogen-bond acceptors (Lipinski definition) is 4. The number of fused-ring (bicyclic) bond motifs is 1. The van der Waals surface area contributed by atoms with Crippen LogP contribution in [0.5, 0.6) is 0 Å². The summed E-state index contributed by atoms with van der Waals surface area (Å²) >= 11 is 0. The molecule has 1 atom stereocenters. The topological polar surface area (TPSA) is 84.2 Å². The van der Waals surface area contributed by atoms with Gasteiger partial charge < -0.3 is 15.2 Å². The fourth-order valence-electron chi connectivity index (χ4n) is 3.98. The molecule has 1 aliphatic rings. The molecule has 1 unspecified atom stereocenters. The molecular weight excluding hydrogens is 378 g/mol. The summed E-state index contributed by atoms with van der Waals surface area (Å²) < 4.78 is 5.25. The van der Waals surface area contributed by atoms with Crippen LogP contribution in [-0.4, -0.2) is 23.5 Å². The van der Waals surface area contributed by atoms with E-state index in [0.717, 1.165) is 24.0 Å². The number of aromatic nitrogens is 1. The van der Waals surface area contributed by atoms with Crippen molar-refractivity contribution in [2.24, 2.45) is 0 Å². The molecule has 4 rings (SSSR count). The van der Waals surface area contributed by atoms with Crippen LogP contribution in [0.3, 0.4) is 0 Å². The third-order valence-corrected chi connectivity index (χ3v) is 5.67. The van der Waals surface area contributed by atoms with Gasteiger partial charge in [0.25, 0.3) is 5.91 Å². The monoisotopic (exact) mass is 403 g/mol. The summed E-state index contributed by atoms with van der Waals surface area (Å²) in [5.41, 5.74) is 3.49. The summed E-state index contributed by atoms with van der Waals surface area (Å²) in [7, 11) is 0. The summed E-state index contributed by atoms with van der Waals surface area (Å²) in [4.78, 5) is 24.8. The molecule has 0 saturated heterocycles. The summed E-state index contributed by atoms with van der Waals surface area (Å²) in [5, 5.41) is 9.49. The van der Waals surface area contributed by atoms with E-state index in [1.165, 1.54) is 5.56 Å². The van der Waals surface area contributed by atoms with Crippen molar-refractivity contribution in [1.82, 2.24) is 15.8 Å². The van der Waals surface area contributed by atoms with Crippen molar-refractivity contribution in [2.75, 3.05) is 6.54 Å². The zero-order valence-corrected chi connectivity index (χ0v) is 17.1. The van der Waals surface area contributed by atoms with E-state index >= 15 is 0 Å². The van der Waals surface area contributed by atoms with Gasteiger partial charge in [-0.3, -0.25) is 9.59 Å². The molecule has 6 heteroatoms. The average Bonchev–Trinajstić information content (AvgIpc) is 3.25. The van der Waals surface area contributed by atoms with Gasteiger partial charge in [0.1, 0.15) is 0 Å². The van der Waals surface area contributed by atoms with Crippen LogP contribution in [0.15, 0.2) is 65.2 Å². The van der Waals surface area contributed by atoms with E-state index in [2.05, 4.69) is 41.8 Å². The molecule has 154 valence electrons. The largest absolute Gasteiger partial charge is 0.355 e. The lowest BCUT2D eigenvalue weighted by atomic mass is 9.71. The molecule has 6 nitrogen and oxygen atoms in total. The molecule has 2 amide bonds. The highest BCUT2D eigenvalue weighted by molar-refractivity contribution is 5.95. The van der Waals surface area contributed by atoms with E-state index in [4.69, 9.17) is 4.52 Å². The Balaban J connectivity index is 1.35. The Morgan fingerprint density at radius 3 is 2.63 bits per heavy atom. The summed E-state index contributed by atoms with van der Waals surface area (Å²) in [6.45, 7) is 4.34. The SMILES string of the molecule is CC1(C)CCC(NC(=O)CNC(=O)c2cc(-c3ccccc3)on2)c2ccccc21. The first-order valence-electron chi connectivity index (χ1n) is 10.1. The van der Waals surface area contributed by atoms with E-state index in [9.17, 15) is 9.59 Å². The Morgan fingerprint density at radius 2 is 1.83 bits per heavy atom. The highest BCUT2D eigenvalue weighted by Gasteiger charge is 2.32. The zero-order chi connectivity index (χ0) is 21.1. The number of nitrogens with one attached hydrogen (secondary N) is 2. The van der Waals surface area contributed by atoms with Crippen molar-refractivity contribution >= 4 is 11.8 Å². The van der Waals surface area contributed by atoms with E-state index in [1.807, 2.05) is 42.5 Å². The fraction of sp³-hybridized carbons (Fsp3) is 0.292. The average molecular weight is 403 g/mol. The van der Waals surface area contributed by atoms with Crippen LogP contribution in [0.4, 0.5) is 0 Å². The molecule has 0 bridgehead atoms. The van der Waals surface area contributed by atoms with Crippen LogP contribution in [0.2, 0.25) is 0 Å². The standard InChI is InChI=1S/C24H25N3O3/c1-24(2)13-12-19(17-10-6-7-11-18(17)24)26-22(28)15-25-23(29)20-14-21(30-27-20)16-8-4-3-5-9-16/h3-11,14,19H,12-13,15H2,1-2H3,(H,25,29)(H,26,28). The first kappa shape index (κ1) is 19.9. The summed E-state index contributed by atoms with van der Waals surface area (Å²) in [6.07, 6.45) is 1.86. The number of hydrogen-bond donors (Lipinski definition) is 2. The molecule has 2 aromatic carbocycles. The Hall–Kier alpha value is -3.41. The van der Waals surface area contributed by atoms with Crippen molar-refractivity contribution in [3.05, 3.63) is 77.5 Å². The molecule has 0 radical (unpaired) electrons. The van der Waals surface area contributed by atoms with Crippen molar-refractivity contribution in [2.45, 2.75) is 38.1 Å². The van der Waals surface area contributed by atoms with Crippen molar-refractivity contribution < 1.29 is 14.1 Å². The van der Waals surface area contributed by atoms with Crippen LogP contribution in [0, 0.1) is 0 Å². The Labute approximate surface area is 175 Å². The Morgan fingerprint density at radius 1 is 1.10 bits per heavy atom. The quantitative estimate of drug-likeness (QED) is 0.674. The van der Waals surface area contributed by atoms with Crippen molar-refractivity contribution in [3.63, 3.8) is 0 Å². The van der Waals surface area contributed by atoms with Gasteiger partial charge in [0, 0.05) is 11.6 Å². The third kappa shape index (κ3) is 4.13. The number of nitrogens with zero attached hydrogens (tertiary/aromatic N) is 1. The maximum absolute atomic E-state index is 12.5. The lowest BCUT2D eigenvalue weighted by Crippen LogP contribution is -2.41. The van der Waals surface area contributed by atoms with Crippen LogP contribution in [-0.2, 0) is 10.2 Å². The smallest absolute Gasteiger partial charge is 0.273 e. The third-order valence-electron chi connectivity index (χ3n) is 5.67. The second-order valence-corrected chi connectivity index (χ2v) is 8.26. The molecule has 1 aromatic heterocycles. The van der Waals surface area contributed by atoms with E-state index in [-0.39, 0.29) is 29.6 Å². The van der Waals surface area contributed by atoms with Gasteiger partial charge in [0.05, 0.1) is 12.6 Å². The lowest BCUT2D eigenvalue weighted by Gasteiger charge is -2.37. The summed E-state index contributed by atoms with van der Waals surface area (Å²) in [6, 6.07) is 19.2. The first-order valence-corrected chi connectivity index (χ1v) is 10.1. The molecule has 2 N–H and O–H groups in total. The number of benzene rings is 2. The second kappa shape index (κ2) is 8.14. The van der Waals surface area contributed by atoms with Crippen LogP contribution in [0.1, 0.15) is 54.3 Å². The van der Waals surface area contributed by atoms with E-state index in [1.54, 1.807) is 6.07 Å². The maximum Gasteiger partial charge on any atom is 0.273 e. The van der Waals surface area contributed by atoms with Gasteiger partial charge in [-0.15, -0.1) is 0 Å². The molecule has 0 saturated carbocycles. The van der Waals surface area contributed by atoms with Gasteiger partial charge in [-0.1, -0.05) is 73.6 Å². The Bertz CT molecular complexity index is 1060. The molecular formula is C24H25N3O3. The van der Waals surface area contributed by atoms with Gasteiger partial charge >= 0.3 is 0 Å². The molecule has 3 aromatic rings. The fourth-order valence-corrected chi connectivity index (χ4v) is 3.98. The van der Waals surface area contributed by atoms with Crippen molar-refractivity contribution in [3.8, 4) is 11.3 Å². The highest BCUT2D eigenvalue weighted by atomic mass is 16.5. The second-order valence-electron chi connectivity index (χ2n) is 8.26. The summed E-state index contributed by atoms with van der Waals surface area (Å²) in [5.74, 6) is -0.164. The van der Waals surface area contributed by atoms with Crippen LogP contribution >= 0.6 is 0 Å². The minimum Gasteiger partial charge on any atom is -0.355 e.